The van der Waals surface area contributed by atoms with E-state index in [-0.39, 0.29) is 5.69 Å². The van der Waals surface area contributed by atoms with E-state index in [2.05, 4.69) is 15.8 Å². The normalized spacial score (nSPS) is 10.5. The average molecular weight is 328 g/mol. The summed E-state index contributed by atoms with van der Waals surface area (Å²) in [6.07, 6.45) is 1.42. The molecule has 0 saturated carbocycles. The van der Waals surface area contributed by atoms with Crippen LogP contribution in [0, 0.1) is 5.82 Å². The second-order valence-electron chi connectivity index (χ2n) is 5.15. The van der Waals surface area contributed by atoms with Crippen molar-refractivity contribution in [1.82, 2.24) is 5.43 Å². The molecule has 0 saturated heterocycles. The SMILES string of the molecule is CN(C)c1ccc(/C=N/NC(=O)C(=O)Nc2cccc(F)c2)cc1. The van der Waals surface area contributed by atoms with E-state index in [0.29, 0.717) is 0 Å². The summed E-state index contributed by atoms with van der Waals surface area (Å²) in [5.74, 6) is -2.38. The van der Waals surface area contributed by atoms with Crippen LogP contribution in [0.15, 0.2) is 53.6 Å². The number of hydrogen-bond donors (Lipinski definition) is 2. The number of carbonyl (C=O) groups excluding carboxylic acids is 2. The van der Waals surface area contributed by atoms with E-state index in [1.54, 1.807) is 0 Å². The molecule has 0 bridgehead atoms. The summed E-state index contributed by atoms with van der Waals surface area (Å²) in [4.78, 5) is 25.2. The van der Waals surface area contributed by atoms with Crippen molar-refractivity contribution in [2.24, 2.45) is 5.10 Å². The van der Waals surface area contributed by atoms with E-state index in [0.717, 1.165) is 17.3 Å². The predicted molar refractivity (Wildman–Crippen MR) is 91.5 cm³/mol. The molecule has 0 aromatic heterocycles. The number of nitrogens with one attached hydrogen (secondary N) is 2. The molecule has 0 heterocycles. The molecule has 7 heteroatoms. The molecular weight excluding hydrogens is 311 g/mol. The first-order valence-electron chi connectivity index (χ1n) is 7.13. The number of amides is 2. The molecule has 0 unspecified atom stereocenters. The van der Waals surface area contributed by atoms with Gasteiger partial charge in [-0.3, -0.25) is 9.59 Å². The lowest BCUT2D eigenvalue weighted by Crippen LogP contribution is -2.32. The van der Waals surface area contributed by atoms with Gasteiger partial charge in [-0.05, 0) is 35.9 Å². The monoisotopic (exact) mass is 328 g/mol. The van der Waals surface area contributed by atoms with Gasteiger partial charge in [0.15, 0.2) is 0 Å². The highest BCUT2D eigenvalue weighted by molar-refractivity contribution is 6.39. The molecular formula is C17H17FN4O2. The van der Waals surface area contributed by atoms with Crippen LogP contribution in [0.5, 0.6) is 0 Å². The molecule has 0 radical (unpaired) electrons. The number of nitrogens with zero attached hydrogens (tertiary/aromatic N) is 2. The van der Waals surface area contributed by atoms with E-state index in [4.69, 9.17) is 0 Å². The molecule has 0 aliphatic heterocycles. The van der Waals surface area contributed by atoms with Crippen LogP contribution in [0.25, 0.3) is 0 Å². The zero-order valence-electron chi connectivity index (χ0n) is 13.3. The van der Waals surface area contributed by atoms with Crippen LogP contribution in [0.2, 0.25) is 0 Å². The molecule has 2 aromatic carbocycles. The van der Waals surface area contributed by atoms with Gasteiger partial charge in [-0.25, -0.2) is 9.82 Å². The summed E-state index contributed by atoms with van der Waals surface area (Å²) in [5, 5.41) is 6.00. The molecule has 2 aromatic rings. The Hall–Kier alpha value is -3.22. The first-order chi connectivity index (χ1) is 11.5. The molecule has 0 aliphatic carbocycles. The molecule has 2 N–H and O–H groups in total. The molecule has 124 valence electrons. The fraction of sp³-hybridized carbons (Fsp3) is 0.118. The number of benzene rings is 2. The maximum absolute atomic E-state index is 13.0. The van der Waals surface area contributed by atoms with Crippen molar-refractivity contribution in [3.8, 4) is 0 Å². The van der Waals surface area contributed by atoms with E-state index in [1.807, 2.05) is 43.3 Å². The van der Waals surface area contributed by atoms with Crippen LogP contribution in [0.4, 0.5) is 15.8 Å². The standard InChI is InChI=1S/C17H17FN4O2/c1-22(2)15-8-6-12(7-9-15)11-19-21-17(24)16(23)20-14-5-3-4-13(18)10-14/h3-11H,1-2H3,(H,20,23)(H,21,24)/b19-11+. The summed E-state index contributed by atoms with van der Waals surface area (Å²) in [6, 6.07) is 12.7. The first-order valence-corrected chi connectivity index (χ1v) is 7.13. The number of hydrogen-bond acceptors (Lipinski definition) is 4. The average Bonchev–Trinajstić information content (AvgIpc) is 2.55. The largest absolute Gasteiger partial charge is 0.378 e. The van der Waals surface area contributed by atoms with E-state index in [1.165, 1.54) is 24.4 Å². The number of carbonyl (C=O) groups is 2. The lowest BCUT2D eigenvalue weighted by atomic mass is 10.2. The Morgan fingerprint density at radius 2 is 1.79 bits per heavy atom. The maximum Gasteiger partial charge on any atom is 0.329 e. The van der Waals surface area contributed by atoms with Crippen LogP contribution in [0.3, 0.4) is 0 Å². The highest BCUT2D eigenvalue weighted by atomic mass is 19.1. The van der Waals surface area contributed by atoms with Gasteiger partial charge >= 0.3 is 11.8 Å². The quantitative estimate of drug-likeness (QED) is 0.512. The molecule has 0 spiro atoms. The first kappa shape index (κ1) is 17.1. The Morgan fingerprint density at radius 1 is 1.08 bits per heavy atom. The molecule has 24 heavy (non-hydrogen) atoms. The van der Waals surface area contributed by atoms with Gasteiger partial charge in [-0.15, -0.1) is 0 Å². The van der Waals surface area contributed by atoms with Crippen molar-refractivity contribution in [1.29, 1.82) is 0 Å². The third-order valence-electron chi connectivity index (χ3n) is 3.08. The van der Waals surface area contributed by atoms with Crippen molar-refractivity contribution in [3.63, 3.8) is 0 Å². The summed E-state index contributed by atoms with van der Waals surface area (Å²) in [6.45, 7) is 0. The Bertz CT molecular complexity index is 757. The fourth-order valence-electron chi connectivity index (χ4n) is 1.83. The minimum atomic E-state index is -0.944. The molecule has 0 aliphatic rings. The van der Waals surface area contributed by atoms with Gasteiger partial charge in [-0.2, -0.15) is 5.10 Å². The van der Waals surface area contributed by atoms with Crippen LogP contribution in [0.1, 0.15) is 5.56 Å². The fourth-order valence-corrected chi connectivity index (χ4v) is 1.83. The Kier molecular flexibility index (Phi) is 5.62. The summed E-state index contributed by atoms with van der Waals surface area (Å²) >= 11 is 0. The van der Waals surface area contributed by atoms with E-state index >= 15 is 0 Å². The molecule has 6 nitrogen and oxygen atoms in total. The van der Waals surface area contributed by atoms with Gasteiger partial charge in [0.25, 0.3) is 0 Å². The van der Waals surface area contributed by atoms with Crippen molar-refractivity contribution < 1.29 is 14.0 Å². The van der Waals surface area contributed by atoms with Crippen molar-refractivity contribution >= 4 is 29.4 Å². The third-order valence-corrected chi connectivity index (χ3v) is 3.08. The summed E-state index contributed by atoms with van der Waals surface area (Å²) in [7, 11) is 3.86. The van der Waals surface area contributed by atoms with Crippen molar-refractivity contribution in [2.75, 3.05) is 24.3 Å². The van der Waals surface area contributed by atoms with Crippen molar-refractivity contribution in [2.45, 2.75) is 0 Å². The van der Waals surface area contributed by atoms with Gasteiger partial charge in [0.2, 0.25) is 0 Å². The molecule has 2 amide bonds. The van der Waals surface area contributed by atoms with E-state index < -0.39 is 17.6 Å². The highest BCUT2D eigenvalue weighted by Gasteiger charge is 2.12. The minimum absolute atomic E-state index is 0.193. The molecule has 0 atom stereocenters. The van der Waals surface area contributed by atoms with Crippen LogP contribution in [-0.2, 0) is 9.59 Å². The van der Waals surface area contributed by atoms with Gasteiger partial charge in [0.1, 0.15) is 5.82 Å². The Balaban J connectivity index is 1.88. The topological polar surface area (TPSA) is 73.8 Å². The zero-order valence-corrected chi connectivity index (χ0v) is 13.3. The predicted octanol–water partition coefficient (Wildman–Crippen LogP) is 1.98. The molecule has 2 rings (SSSR count). The molecule has 0 fully saturated rings. The third kappa shape index (κ3) is 4.91. The van der Waals surface area contributed by atoms with Gasteiger partial charge in [0, 0.05) is 25.5 Å². The number of anilines is 2. The van der Waals surface area contributed by atoms with Crippen molar-refractivity contribution in [3.05, 3.63) is 59.9 Å². The van der Waals surface area contributed by atoms with Gasteiger partial charge in [-0.1, -0.05) is 18.2 Å². The summed E-state index contributed by atoms with van der Waals surface area (Å²) < 4.78 is 13.0. The van der Waals surface area contributed by atoms with Crippen LogP contribution < -0.4 is 15.6 Å². The highest BCUT2D eigenvalue weighted by Crippen LogP contribution is 2.11. The minimum Gasteiger partial charge on any atom is -0.378 e. The Morgan fingerprint density at radius 3 is 2.42 bits per heavy atom. The summed E-state index contributed by atoms with van der Waals surface area (Å²) in [5.41, 5.74) is 4.11. The number of hydrazone groups is 1. The van der Waals surface area contributed by atoms with Gasteiger partial charge in [0.05, 0.1) is 6.21 Å². The maximum atomic E-state index is 13.0. The lowest BCUT2D eigenvalue weighted by Gasteiger charge is -2.11. The number of halogens is 1. The smallest absolute Gasteiger partial charge is 0.329 e. The van der Waals surface area contributed by atoms with Gasteiger partial charge < -0.3 is 10.2 Å². The Labute approximate surface area is 139 Å². The zero-order chi connectivity index (χ0) is 17.5. The number of rotatable bonds is 4. The second kappa shape index (κ2) is 7.87. The van der Waals surface area contributed by atoms with Crippen LogP contribution in [-0.4, -0.2) is 32.1 Å². The second-order valence-corrected chi connectivity index (χ2v) is 5.15. The lowest BCUT2D eigenvalue weighted by molar-refractivity contribution is -0.136. The van der Waals surface area contributed by atoms with Crippen LogP contribution >= 0.6 is 0 Å². The van der Waals surface area contributed by atoms with E-state index in [9.17, 15) is 14.0 Å².